The Morgan fingerprint density at radius 1 is 1.11 bits per heavy atom. The van der Waals surface area contributed by atoms with Crippen LogP contribution in [0.4, 0.5) is 15.3 Å². The zero-order valence-electron chi connectivity index (χ0n) is 15.9. The molecule has 0 atom stereocenters. The number of piperidine rings is 1. The summed E-state index contributed by atoms with van der Waals surface area (Å²) in [7, 11) is 0. The van der Waals surface area contributed by atoms with Gasteiger partial charge in [0.05, 0.1) is 13.2 Å². The van der Waals surface area contributed by atoms with Gasteiger partial charge in [-0.15, -0.1) is 0 Å². The number of anilines is 1. The Kier molecular flexibility index (Phi) is 6.18. The summed E-state index contributed by atoms with van der Waals surface area (Å²) < 4.78 is 11.4. The summed E-state index contributed by atoms with van der Waals surface area (Å²) in [5, 5.41) is 8.48. The highest BCUT2D eigenvalue weighted by Gasteiger charge is 2.40. The van der Waals surface area contributed by atoms with Crippen molar-refractivity contribution in [2.45, 2.75) is 45.1 Å². The van der Waals surface area contributed by atoms with E-state index < -0.39 is 5.79 Å². The summed E-state index contributed by atoms with van der Waals surface area (Å²) >= 11 is 0. The zero-order valence-corrected chi connectivity index (χ0v) is 15.9. The van der Waals surface area contributed by atoms with Crippen LogP contribution in [-0.2, 0) is 16.0 Å². The summed E-state index contributed by atoms with van der Waals surface area (Å²) in [5.74, 6) is -0.471. The molecule has 1 spiro atoms. The molecule has 0 aromatic heterocycles. The van der Waals surface area contributed by atoms with Gasteiger partial charge in [-0.05, 0) is 31.5 Å². The number of hydrogen-bond donors (Lipinski definition) is 3. The van der Waals surface area contributed by atoms with Crippen molar-refractivity contribution in [3.05, 3.63) is 29.8 Å². The molecule has 0 bridgehead atoms. The van der Waals surface area contributed by atoms with Crippen LogP contribution in [-0.4, -0.2) is 55.1 Å². The summed E-state index contributed by atoms with van der Waals surface area (Å²) in [5.41, 5.74) is 1.68. The average molecular weight is 376 g/mol. The summed E-state index contributed by atoms with van der Waals surface area (Å²) in [6.45, 7) is 6.76. The molecule has 2 heterocycles. The maximum absolute atomic E-state index is 12.4. The molecule has 2 aliphatic heterocycles. The van der Waals surface area contributed by atoms with Gasteiger partial charge in [-0.2, -0.15) is 0 Å². The van der Waals surface area contributed by atoms with Gasteiger partial charge in [0.2, 0.25) is 0 Å². The number of rotatable bonds is 4. The molecule has 3 N–H and O–H groups in total. The molecule has 148 valence electrons. The lowest BCUT2D eigenvalue weighted by molar-refractivity contribution is -0.181. The summed E-state index contributed by atoms with van der Waals surface area (Å²) in [6.07, 6.45) is 1.42. The van der Waals surface area contributed by atoms with E-state index in [0.717, 1.165) is 5.56 Å². The molecular formula is C19H28N4O4. The number of carbonyl (C=O) groups excluding carboxylic acids is 2. The second kappa shape index (κ2) is 8.58. The number of likely N-dealkylation sites (tertiary alicyclic amines) is 1. The molecule has 2 saturated heterocycles. The first-order valence-corrected chi connectivity index (χ1v) is 9.43. The zero-order chi connectivity index (χ0) is 19.3. The van der Waals surface area contributed by atoms with Crippen LogP contribution in [0.2, 0.25) is 0 Å². The Balaban J connectivity index is 1.42. The van der Waals surface area contributed by atoms with Gasteiger partial charge >= 0.3 is 12.1 Å². The number of nitrogens with zero attached hydrogens (tertiary/aromatic N) is 1. The summed E-state index contributed by atoms with van der Waals surface area (Å²) in [6, 6.07) is 7.18. The lowest BCUT2D eigenvalue weighted by Crippen LogP contribution is -2.50. The Morgan fingerprint density at radius 2 is 1.74 bits per heavy atom. The van der Waals surface area contributed by atoms with E-state index in [-0.39, 0.29) is 18.1 Å². The minimum Gasteiger partial charge on any atom is -0.347 e. The minimum atomic E-state index is -0.471. The molecule has 0 saturated carbocycles. The van der Waals surface area contributed by atoms with Gasteiger partial charge in [-0.1, -0.05) is 12.1 Å². The van der Waals surface area contributed by atoms with Crippen LogP contribution in [0.5, 0.6) is 0 Å². The maximum Gasteiger partial charge on any atom is 0.319 e. The SMILES string of the molecule is CC(C)NC(=O)Nc1ccc(CNC(=O)N2CCC3(CC2)OCCO3)cc1. The van der Waals surface area contributed by atoms with E-state index in [1.807, 2.05) is 38.1 Å². The van der Waals surface area contributed by atoms with Crippen LogP contribution in [0, 0.1) is 0 Å². The number of benzene rings is 1. The molecule has 8 nitrogen and oxygen atoms in total. The fraction of sp³-hybridized carbons (Fsp3) is 0.579. The maximum atomic E-state index is 12.4. The highest BCUT2D eigenvalue weighted by atomic mass is 16.7. The highest BCUT2D eigenvalue weighted by molar-refractivity contribution is 5.89. The van der Waals surface area contributed by atoms with Gasteiger partial charge in [-0.25, -0.2) is 9.59 Å². The summed E-state index contributed by atoms with van der Waals surface area (Å²) in [4.78, 5) is 25.8. The lowest BCUT2D eigenvalue weighted by atomic mass is 10.0. The predicted molar refractivity (Wildman–Crippen MR) is 101 cm³/mol. The van der Waals surface area contributed by atoms with Crippen LogP contribution >= 0.6 is 0 Å². The standard InChI is InChI=1S/C19H28N4O4/c1-14(2)21-17(24)22-16-5-3-15(4-6-16)13-20-18(25)23-9-7-19(8-10-23)26-11-12-27-19/h3-6,14H,7-13H2,1-2H3,(H,20,25)(H2,21,22,24). The molecule has 2 fully saturated rings. The number of amides is 4. The number of nitrogens with one attached hydrogen (secondary N) is 3. The normalized spacial score (nSPS) is 18.6. The van der Waals surface area contributed by atoms with Crippen molar-refractivity contribution in [1.82, 2.24) is 15.5 Å². The highest BCUT2D eigenvalue weighted by Crippen LogP contribution is 2.31. The Bertz CT molecular complexity index is 646. The first kappa shape index (κ1) is 19.4. The van der Waals surface area contributed by atoms with E-state index in [0.29, 0.717) is 51.4 Å². The van der Waals surface area contributed by atoms with Crippen molar-refractivity contribution >= 4 is 17.7 Å². The van der Waals surface area contributed by atoms with E-state index in [9.17, 15) is 9.59 Å². The molecular weight excluding hydrogens is 348 g/mol. The van der Waals surface area contributed by atoms with Gasteiger partial charge in [-0.3, -0.25) is 0 Å². The van der Waals surface area contributed by atoms with Crippen LogP contribution in [0.3, 0.4) is 0 Å². The average Bonchev–Trinajstić information content (AvgIpc) is 3.09. The van der Waals surface area contributed by atoms with E-state index in [1.54, 1.807) is 4.90 Å². The van der Waals surface area contributed by atoms with Gasteiger partial charge in [0.25, 0.3) is 0 Å². The first-order valence-electron chi connectivity index (χ1n) is 9.43. The van der Waals surface area contributed by atoms with Crippen molar-refractivity contribution in [2.75, 3.05) is 31.6 Å². The molecule has 4 amide bonds. The third-order valence-corrected chi connectivity index (χ3v) is 4.70. The molecule has 1 aromatic rings. The second-order valence-corrected chi connectivity index (χ2v) is 7.20. The predicted octanol–water partition coefficient (Wildman–Crippen LogP) is 2.26. The Labute approximate surface area is 159 Å². The van der Waals surface area contributed by atoms with E-state index in [1.165, 1.54) is 0 Å². The van der Waals surface area contributed by atoms with Crippen LogP contribution in [0.15, 0.2) is 24.3 Å². The fourth-order valence-corrected chi connectivity index (χ4v) is 3.26. The van der Waals surface area contributed by atoms with Crippen LogP contribution < -0.4 is 16.0 Å². The quantitative estimate of drug-likeness (QED) is 0.752. The third-order valence-electron chi connectivity index (χ3n) is 4.70. The van der Waals surface area contributed by atoms with E-state index >= 15 is 0 Å². The number of hydrogen-bond acceptors (Lipinski definition) is 4. The molecule has 0 radical (unpaired) electrons. The number of ether oxygens (including phenoxy) is 2. The molecule has 8 heteroatoms. The van der Waals surface area contributed by atoms with Gasteiger partial charge in [0, 0.05) is 44.2 Å². The first-order chi connectivity index (χ1) is 13.0. The molecule has 0 aliphatic carbocycles. The topological polar surface area (TPSA) is 91.9 Å². The van der Waals surface area contributed by atoms with E-state index in [2.05, 4.69) is 16.0 Å². The van der Waals surface area contributed by atoms with Gasteiger partial charge in [0.15, 0.2) is 5.79 Å². The van der Waals surface area contributed by atoms with Crippen molar-refractivity contribution in [3.8, 4) is 0 Å². The third kappa shape index (κ3) is 5.33. The smallest absolute Gasteiger partial charge is 0.319 e. The van der Waals surface area contributed by atoms with Crippen molar-refractivity contribution in [2.24, 2.45) is 0 Å². The lowest BCUT2D eigenvalue weighted by Gasteiger charge is -2.37. The Morgan fingerprint density at radius 3 is 2.33 bits per heavy atom. The molecule has 3 rings (SSSR count). The molecule has 1 aromatic carbocycles. The number of urea groups is 2. The molecule has 0 unspecified atom stereocenters. The molecule has 27 heavy (non-hydrogen) atoms. The van der Waals surface area contributed by atoms with Crippen molar-refractivity contribution in [3.63, 3.8) is 0 Å². The fourth-order valence-electron chi connectivity index (χ4n) is 3.26. The van der Waals surface area contributed by atoms with Gasteiger partial charge in [0.1, 0.15) is 0 Å². The minimum absolute atomic E-state index is 0.0796. The van der Waals surface area contributed by atoms with Crippen molar-refractivity contribution in [1.29, 1.82) is 0 Å². The van der Waals surface area contributed by atoms with E-state index in [4.69, 9.17) is 9.47 Å². The second-order valence-electron chi connectivity index (χ2n) is 7.20. The molecule has 2 aliphatic rings. The largest absolute Gasteiger partial charge is 0.347 e. The van der Waals surface area contributed by atoms with Gasteiger partial charge < -0.3 is 30.3 Å². The monoisotopic (exact) mass is 376 g/mol. The van der Waals surface area contributed by atoms with Crippen molar-refractivity contribution < 1.29 is 19.1 Å². The number of carbonyl (C=O) groups is 2. The van der Waals surface area contributed by atoms with Crippen LogP contribution in [0.1, 0.15) is 32.3 Å². The van der Waals surface area contributed by atoms with Crippen LogP contribution in [0.25, 0.3) is 0 Å². The Hall–Kier alpha value is -2.32.